The Balaban J connectivity index is 2.65. The molecule has 0 saturated heterocycles. The lowest BCUT2D eigenvalue weighted by molar-refractivity contribution is -0.119. The molecule has 2 atom stereocenters. The summed E-state index contributed by atoms with van der Waals surface area (Å²) < 4.78 is 4.56. The minimum absolute atomic E-state index is 0.0333. The van der Waals surface area contributed by atoms with E-state index in [1.54, 1.807) is 26.7 Å². The summed E-state index contributed by atoms with van der Waals surface area (Å²) in [5.41, 5.74) is -1.64. The zero-order valence-electron chi connectivity index (χ0n) is 14.6. The van der Waals surface area contributed by atoms with E-state index in [1.165, 1.54) is 22.9 Å². The Hall–Kier alpha value is -1.75. The first kappa shape index (κ1) is 21.5. The molecule has 2 rings (SSSR count). The van der Waals surface area contributed by atoms with Crippen LogP contribution in [0.3, 0.4) is 0 Å². The summed E-state index contributed by atoms with van der Waals surface area (Å²) in [6, 6.07) is 0. The largest absolute Gasteiger partial charge is 0.453 e. The van der Waals surface area contributed by atoms with Crippen molar-refractivity contribution in [1.29, 1.82) is 0 Å². The van der Waals surface area contributed by atoms with Gasteiger partial charge >= 0.3 is 6.09 Å². The second-order valence-electron chi connectivity index (χ2n) is 5.30. The van der Waals surface area contributed by atoms with Gasteiger partial charge in [0.15, 0.2) is 11.4 Å². The lowest BCUT2D eigenvalue weighted by Gasteiger charge is -2.34. The van der Waals surface area contributed by atoms with Gasteiger partial charge in [-0.2, -0.15) is 0 Å². The number of carbonyl (C=O) groups excluding carboxylic acids is 2. The first-order chi connectivity index (χ1) is 12.9. The molecule has 9 heteroatoms. The highest BCUT2D eigenvalue weighted by Gasteiger charge is 2.44. The summed E-state index contributed by atoms with van der Waals surface area (Å²) in [6.07, 6.45) is 3.89. The van der Waals surface area contributed by atoms with Gasteiger partial charge in [0, 0.05) is 16.9 Å². The Kier molecular flexibility index (Phi) is 7.96. The van der Waals surface area contributed by atoms with Crippen LogP contribution in [-0.4, -0.2) is 52.9 Å². The predicted octanol–water partition coefficient (Wildman–Crippen LogP) is 1.82. The highest BCUT2D eigenvalue weighted by molar-refractivity contribution is 9.09. The van der Waals surface area contributed by atoms with Crippen LogP contribution in [0.5, 0.6) is 0 Å². The molecule has 0 saturated carbocycles. The number of ether oxygens (including phenoxy) is 1. The van der Waals surface area contributed by atoms with E-state index in [0.29, 0.717) is 5.75 Å². The molecular weight excluding hydrogens is 406 g/mol. The minimum atomic E-state index is -1.79. The maximum atomic E-state index is 12.6. The molecule has 6 nitrogen and oxygen atoms in total. The third-order valence-electron chi connectivity index (χ3n) is 3.61. The Bertz CT molecular complexity index is 841. The normalized spacial score (nSPS) is 25.3. The highest BCUT2D eigenvalue weighted by atomic mass is 33.5. The van der Waals surface area contributed by atoms with Crippen LogP contribution in [0.1, 0.15) is 6.42 Å². The van der Waals surface area contributed by atoms with Crippen LogP contribution in [0, 0.1) is 23.7 Å². The number of rotatable bonds is 5. The fourth-order valence-electron chi connectivity index (χ4n) is 2.52. The van der Waals surface area contributed by atoms with E-state index in [4.69, 9.17) is 0 Å². The number of aliphatic hydroxyl groups excluding tert-OH is 1. The monoisotopic (exact) mass is 423 g/mol. The van der Waals surface area contributed by atoms with E-state index in [9.17, 15) is 19.8 Å². The second kappa shape index (κ2) is 9.98. The third kappa shape index (κ3) is 5.38. The summed E-state index contributed by atoms with van der Waals surface area (Å²) in [4.78, 5) is 24.3. The van der Waals surface area contributed by atoms with Crippen LogP contribution in [0.25, 0.3) is 0 Å². The number of Topliss-reactive ketones (excluding diaryl/α,β-unsaturated/α-hetero) is 1. The minimum Gasteiger partial charge on any atom is -0.453 e. The van der Waals surface area contributed by atoms with Crippen LogP contribution in [0.2, 0.25) is 0 Å². The highest BCUT2D eigenvalue weighted by Crippen LogP contribution is 2.39. The average molecular weight is 424 g/mol. The van der Waals surface area contributed by atoms with Crippen molar-refractivity contribution in [3.8, 4) is 23.7 Å². The van der Waals surface area contributed by atoms with E-state index in [0.717, 1.165) is 7.11 Å². The predicted molar refractivity (Wildman–Crippen MR) is 109 cm³/mol. The Morgan fingerprint density at radius 3 is 2.93 bits per heavy atom. The zero-order valence-corrected chi connectivity index (χ0v) is 17.0. The number of alkyl carbamates (subject to hydrolysis) is 1. The van der Waals surface area contributed by atoms with Crippen molar-refractivity contribution in [3.63, 3.8) is 0 Å². The number of hydrogen-bond acceptors (Lipinski definition) is 8. The van der Waals surface area contributed by atoms with Gasteiger partial charge in [-0.15, -0.1) is 0 Å². The maximum Gasteiger partial charge on any atom is 0.411 e. The van der Waals surface area contributed by atoms with Crippen LogP contribution in [-0.2, 0) is 9.53 Å². The van der Waals surface area contributed by atoms with Gasteiger partial charge in [0.05, 0.1) is 19.2 Å². The van der Waals surface area contributed by atoms with Gasteiger partial charge in [0.25, 0.3) is 0 Å². The first-order valence-electron chi connectivity index (χ1n) is 7.67. The van der Waals surface area contributed by atoms with E-state index in [-0.39, 0.29) is 23.3 Å². The van der Waals surface area contributed by atoms with E-state index in [2.05, 4.69) is 33.7 Å². The summed E-state index contributed by atoms with van der Waals surface area (Å²) in [5.74, 6) is 10.5. The van der Waals surface area contributed by atoms with Crippen LogP contribution in [0.4, 0.5) is 4.79 Å². The SMILES string of the molecule is COC(=O)NC1=C2C(=CCSSSC)C(O)(C#CC=CC#CC2O)CC1=O. The molecule has 0 heterocycles. The lowest BCUT2D eigenvalue weighted by atomic mass is 9.75. The van der Waals surface area contributed by atoms with Gasteiger partial charge in [-0.05, 0) is 28.2 Å². The number of carbonyl (C=O) groups is 2. The lowest BCUT2D eigenvalue weighted by Crippen LogP contribution is -2.45. The van der Waals surface area contributed by atoms with Crippen LogP contribution < -0.4 is 5.32 Å². The molecule has 142 valence electrons. The number of nitrogens with one attached hydrogen (secondary N) is 1. The standard InChI is InChI=1S/C18H17NO5S3/c1-24-17(22)19-16-14(21)11-18(23)9-6-4-3-5-7-13(20)15(16)12(18)8-10-26-27-25-2/h3-4,8,13,20,23H,10-11H2,1-2H3,(H,19,22). The molecule has 0 aromatic carbocycles. The van der Waals surface area contributed by atoms with Gasteiger partial charge in [0.2, 0.25) is 0 Å². The van der Waals surface area contributed by atoms with Crippen molar-refractivity contribution in [1.82, 2.24) is 5.32 Å². The molecule has 27 heavy (non-hydrogen) atoms. The molecular formula is C18H17NO5S3. The van der Waals surface area contributed by atoms with Crippen LogP contribution >= 0.6 is 31.4 Å². The van der Waals surface area contributed by atoms with Crippen molar-refractivity contribution in [2.24, 2.45) is 0 Å². The molecule has 2 bridgehead atoms. The molecule has 2 aliphatic rings. The van der Waals surface area contributed by atoms with Gasteiger partial charge in [0.1, 0.15) is 6.10 Å². The molecule has 1 amide bonds. The van der Waals surface area contributed by atoms with E-state index < -0.39 is 23.6 Å². The van der Waals surface area contributed by atoms with Gasteiger partial charge < -0.3 is 14.9 Å². The number of hydrogen-bond donors (Lipinski definition) is 3. The summed E-state index contributed by atoms with van der Waals surface area (Å²) in [5, 5.41) is 24.0. The molecule has 3 N–H and O–H groups in total. The van der Waals surface area contributed by atoms with Gasteiger partial charge in [-0.1, -0.05) is 51.3 Å². The van der Waals surface area contributed by atoms with E-state index in [1.807, 2.05) is 6.26 Å². The quantitative estimate of drug-likeness (QED) is 0.350. The van der Waals surface area contributed by atoms with Crippen molar-refractivity contribution < 1.29 is 24.5 Å². The van der Waals surface area contributed by atoms with Gasteiger partial charge in [-0.25, -0.2) is 4.79 Å². The summed E-state index contributed by atoms with van der Waals surface area (Å²) >= 11 is 0. The fourth-order valence-corrected chi connectivity index (χ4v) is 4.94. The van der Waals surface area contributed by atoms with Crippen LogP contribution in [0.15, 0.2) is 35.1 Å². The molecule has 2 aliphatic carbocycles. The molecule has 0 aliphatic heterocycles. The first-order valence-corrected chi connectivity index (χ1v) is 11.7. The Labute approximate surface area is 169 Å². The molecule has 2 unspecified atom stereocenters. The summed E-state index contributed by atoms with van der Waals surface area (Å²) in [6.45, 7) is 0. The second-order valence-corrected chi connectivity index (χ2v) is 9.67. The number of ketones is 1. The van der Waals surface area contributed by atoms with E-state index >= 15 is 0 Å². The molecule has 0 aromatic rings. The fraction of sp³-hybridized carbons (Fsp3) is 0.333. The summed E-state index contributed by atoms with van der Waals surface area (Å²) in [7, 11) is 5.81. The number of allylic oxidation sites excluding steroid dienone is 3. The Morgan fingerprint density at radius 1 is 1.48 bits per heavy atom. The number of fused-ring (bicyclic) bond motifs is 2. The van der Waals surface area contributed by atoms with Crippen molar-refractivity contribution >= 4 is 43.3 Å². The van der Waals surface area contributed by atoms with Gasteiger partial charge in [-0.3, -0.25) is 10.1 Å². The van der Waals surface area contributed by atoms with Crippen molar-refractivity contribution in [2.45, 2.75) is 18.1 Å². The molecule has 0 radical (unpaired) electrons. The molecule has 0 spiro atoms. The van der Waals surface area contributed by atoms with Crippen molar-refractivity contribution in [3.05, 3.63) is 35.1 Å². The number of aliphatic hydroxyl groups is 2. The van der Waals surface area contributed by atoms with Crippen molar-refractivity contribution in [2.75, 3.05) is 19.1 Å². The molecule has 0 aromatic heterocycles. The molecule has 0 fully saturated rings. The number of methoxy groups -OCH3 is 1. The smallest absolute Gasteiger partial charge is 0.411 e. The zero-order chi connectivity index (χ0) is 19.9. The Morgan fingerprint density at radius 2 is 2.22 bits per heavy atom. The third-order valence-corrected chi connectivity index (χ3v) is 7.34. The average Bonchev–Trinajstić information content (AvgIpc) is 2.63. The number of amides is 1. The maximum absolute atomic E-state index is 12.6. The topological polar surface area (TPSA) is 95.9 Å².